The highest BCUT2D eigenvalue weighted by atomic mass is 16.2. The molecule has 0 aliphatic carbocycles. The molecule has 3 aliphatic heterocycles. The molecule has 0 spiro atoms. The zero-order valence-corrected chi connectivity index (χ0v) is 20.3. The summed E-state index contributed by atoms with van der Waals surface area (Å²) in [4.78, 5) is 37.0. The molecule has 0 radical (unpaired) electrons. The van der Waals surface area contributed by atoms with Crippen molar-refractivity contribution in [1.82, 2.24) is 19.8 Å². The number of carbonyl (C=O) groups excluding carboxylic acids is 2. The van der Waals surface area contributed by atoms with Crippen molar-refractivity contribution in [3.63, 3.8) is 0 Å². The molecular formula is C27H34N6O2. The summed E-state index contributed by atoms with van der Waals surface area (Å²) in [6, 6.07) is 15.9. The summed E-state index contributed by atoms with van der Waals surface area (Å²) >= 11 is 0. The molecule has 3 aliphatic rings. The first-order valence-corrected chi connectivity index (χ1v) is 12.7. The van der Waals surface area contributed by atoms with Gasteiger partial charge in [-0.05, 0) is 36.5 Å². The summed E-state index contributed by atoms with van der Waals surface area (Å²) in [5.74, 6) is 1.50. The summed E-state index contributed by atoms with van der Waals surface area (Å²) < 4.78 is 0. The van der Waals surface area contributed by atoms with Crippen LogP contribution in [0.5, 0.6) is 0 Å². The quantitative estimate of drug-likeness (QED) is 0.644. The Morgan fingerprint density at radius 1 is 0.943 bits per heavy atom. The molecule has 1 aromatic heterocycles. The van der Waals surface area contributed by atoms with Gasteiger partial charge in [0, 0.05) is 64.9 Å². The maximum atomic E-state index is 13.3. The third-order valence-electron chi connectivity index (χ3n) is 7.20. The molecule has 2 fully saturated rings. The SMILES string of the molecule is O=C(C1=NN(Cc2ccccc2)C(=O)CC1)N1CCCC(CN2CCN(c3ccccn3)CC2)C1. The topological polar surface area (TPSA) is 72.4 Å². The molecule has 2 saturated heterocycles. The first-order valence-electron chi connectivity index (χ1n) is 12.7. The number of pyridine rings is 1. The van der Waals surface area contributed by atoms with Crippen molar-refractivity contribution in [1.29, 1.82) is 0 Å². The number of hydrazone groups is 1. The fourth-order valence-corrected chi connectivity index (χ4v) is 5.28. The van der Waals surface area contributed by atoms with Gasteiger partial charge in [0.2, 0.25) is 5.91 Å². The second-order valence-electron chi connectivity index (χ2n) is 9.72. The molecule has 8 heteroatoms. The van der Waals surface area contributed by atoms with Crippen LogP contribution >= 0.6 is 0 Å². The molecule has 0 saturated carbocycles. The van der Waals surface area contributed by atoms with Gasteiger partial charge < -0.3 is 9.80 Å². The number of hydrogen-bond donors (Lipinski definition) is 0. The van der Waals surface area contributed by atoms with E-state index in [1.807, 2.05) is 53.6 Å². The van der Waals surface area contributed by atoms with E-state index in [0.29, 0.717) is 31.0 Å². The molecule has 1 aromatic carbocycles. The molecule has 2 aromatic rings. The van der Waals surface area contributed by atoms with Crippen molar-refractivity contribution in [2.24, 2.45) is 11.0 Å². The number of rotatable bonds is 6. The number of piperidine rings is 1. The number of carbonyl (C=O) groups is 2. The van der Waals surface area contributed by atoms with E-state index in [0.717, 1.165) is 70.0 Å². The van der Waals surface area contributed by atoms with Gasteiger partial charge in [-0.2, -0.15) is 5.10 Å². The third-order valence-corrected chi connectivity index (χ3v) is 7.20. The van der Waals surface area contributed by atoms with Crippen LogP contribution in [0, 0.1) is 5.92 Å². The van der Waals surface area contributed by atoms with Gasteiger partial charge in [0.15, 0.2) is 0 Å². The maximum absolute atomic E-state index is 13.3. The average molecular weight is 475 g/mol. The Balaban J connectivity index is 1.15. The van der Waals surface area contributed by atoms with Crippen LogP contribution in [0.15, 0.2) is 59.8 Å². The highest BCUT2D eigenvalue weighted by Gasteiger charge is 2.31. The van der Waals surface area contributed by atoms with Crippen LogP contribution in [0.1, 0.15) is 31.2 Å². The lowest BCUT2D eigenvalue weighted by Crippen LogP contribution is -2.51. The lowest BCUT2D eigenvalue weighted by Gasteiger charge is -2.40. The number of anilines is 1. The Kier molecular flexibility index (Phi) is 7.37. The second kappa shape index (κ2) is 11.0. The summed E-state index contributed by atoms with van der Waals surface area (Å²) in [6.45, 7) is 6.96. The molecule has 0 N–H and O–H groups in total. The van der Waals surface area contributed by atoms with Crippen LogP contribution in [0.4, 0.5) is 5.82 Å². The predicted octanol–water partition coefficient (Wildman–Crippen LogP) is 2.62. The number of aromatic nitrogens is 1. The van der Waals surface area contributed by atoms with E-state index in [9.17, 15) is 9.59 Å². The van der Waals surface area contributed by atoms with Crippen LogP contribution in [-0.4, -0.2) is 83.1 Å². The lowest BCUT2D eigenvalue weighted by atomic mass is 9.96. The average Bonchev–Trinajstić information content (AvgIpc) is 2.91. The van der Waals surface area contributed by atoms with Gasteiger partial charge in [-0.1, -0.05) is 36.4 Å². The van der Waals surface area contributed by atoms with E-state index in [2.05, 4.69) is 26.0 Å². The number of amides is 2. The minimum Gasteiger partial charge on any atom is -0.354 e. The number of benzene rings is 1. The van der Waals surface area contributed by atoms with Crippen LogP contribution in [0.2, 0.25) is 0 Å². The first kappa shape index (κ1) is 23.5. The molecule has 0 bridgehead atoms. The minimum atomic E-state index is -0.0215. The number of piperazine rings is 1. The molecule has 8 nitrogen and oxygen atoms in total. The molecule has 35 heavy (non-hydrogen) atoms. The number of likely N-dealkylation sites (tertiary alicyclic amines) is 1. The first-order chi connectivity index (χ1) is 17.2. The normalized spacial score (nSPS) is 21.7. The van der Waals surface area contributed by atoms with Gasteiger partial charge in [0.25, 0.3) is 5.91 Å². The van der Waals surface area contributed by atoms with E-state index in [1.165, 1.54) is 5.01 Å². The third kappa shape index (κ3) is 5.88. The molecular weight excluding hydrogens is 440 g/mol. The summed E-state index contributed by atoms with van der Waals surface area (Å²) in [5.41, 5.74) is 1.53. The standard InChI is InChI=1S/C27H34N6O2/c34-26-12-11-24(29-33(26)21-22-7-2-1-3-8-22)27(35)32-14-6-9-23(20-32)19-30-15-17-31(18-16-30)25-10-4-5-13-28-25/h1-5,7-8,10,13,23H,6,9,11-12,14-21H2. The van der Waals surface area contributed by atoms with Crippen LogP contribution in [0.3, 0.4) is 0 Å². The fourth-order valence-electron chi connectivity index (χ4n) is 5.28. The van der Waals surface area contributed by atoms with Crippen molar-refractivity contribution in [2.75, 3.05) is 50.7 Å². The van der Waals surface area contributed by atoms with E-state index < -0.39 is 0 Å². The summed E-state index contributed by atoms with van der Waals surface area (Å²) in [7, 11) is 0. The highest BCUT2D eigenvalue weighted by Crippen LogP contribution is 2.22. The largest absolute Gasteiger partial charge is 0.354 e. The van der Waals surface area contributed by atoms with Crippen molar-refractivity contribution >= 4 is 23.3 Å². The van der Waals surface area contributed by atoms with E-state index in [-0.39, 0.29) is 11.8 Å². The Hall–Kier alpha value is -3.26. The van der Waals surface area contributed by atoms with Gasteiger partial charge in [0.1, 0.15) is 11.5 Å². The molecule has 5 rings (SSSR count). The summed E-state index contributed by atoms with van der Waals surface area (Å²) in [6.07, 6.45) is 4.79. The maximum Gasteiger partial charge on any atom is 0.270 e. The Morgan fingerprint density at radius 2 is 1.74 bits per heavy atom. The van der Waals surface area contributed by atoms with Crippen molar-refractivity contribution in [2.45, 2.75) is 32.2 Å². The van der Waals surface area contributed by atoms with Gasteiger partial charge in [0.05, 0.1) is 6.54 Å². The van der Waals surface area contributed by atoms with Crippen molar-refractivity contribution in [3.8, 4) is 0 Å². The van der Waals surface area contributed by atoms with Gasteiger partial charge in [-0.3, -0.25) is 14.5 Å². The zero-order chi connectivity index (χ0) is 24.0. The molecule has 2 amide bonds. The van der Waals surface area contributed by atoms with Crippen LogP contribution in [0.25, 0.3) is 0 Å². The summed E-state index contributed by atoms with van der Waals surface area (Å²) in [5, 5.41) is 5.97. The van der Waals surface area contributed by atoms with Gasteiger partial charge in [-0.25, -0.2) is 9.99 Å². The van der Waals surface area contributed by atoms with E-state index in [1.54, 1.807) is 0 Å². The van der Waals surface area contributed by atoms with Crippen molar-refractivity contribution < 1.29 is 9.59 Å². The molecule has 4 heterocycles. The highest BCUT2D eigenvalue weighted by molar-refractivity contribution is 6.39. The lowest BCUT2D eigenvalue weighted by molar-refractivity contribution is -0.132. The van der Waals surface area contributed by atoms with Crippen molar-refractivity contribution in [3.05, 3.63) is 60.3 Å². The number of nitrogens with zero attached hydrogens (tertiary/aromatic N) is 6. The Labute approximate surface area is 207 Å². The minimum absolute atomic E-state index is 0.000216. The zero-order valence-electron chi connectivity index (χ0n) is 20.3. The Morgan fingerprint density at radius 3 is 2.51 bits per heavy atom. The van der Waals surface area contributed by atoms with Crippen LogP contribution < -0.4 is 4.90 Å². The predicted molar refractivity (Wildman–Crippen MR) is 136 cm³/mol. The molecule has 1 unspecified atom stereocenters. The number of hydrogen-bond acceptors (Lipinski definition) is 6. The monoisotopic (exact) mass is 474 g/mol. The van der Waals surface area contributed by atoms with E-state index >= 15 is 0 Å². The van der Waals surface area contributed by atoms with Gasteiger partial charge >= 0.3 is 0 Å². The van der Waals surface area contributed by atoms with Crippen LogP contribution in [-0.2, 0) is 16.1 Å². The Bertz CT molecular complexity index is 1040. The second-order valence-corrected chi connectivity index (χ2v) is 9.72. The fraction of sp³-hybridized carbons (Fsp3) is 0.481. The van der Waals surface area contributed by atoms with E-state index in [4.69, 9.17) is 0 Å². The van der Waals surface area contributed by atoms with Gasteiger partial charge in [-0.15, -0.1) is 0 Å². The molecule has 1 atom stereocenters. The smallest absolute Gasteiger partial charge is 0.270 e. The molecule has 184 valence electrons.